The van der Waals surface area contributed by atoms with Gasteiger partial charge in [-0.3, -0.25) is 4.79 Å². The lowest BCUT2D eigenvalue weighted by Gasteiger charge is -2.51. The van der Waals surface area contributed by atoms with Gasteiger partial charge in [0.05, 0.1) is 34.2 Å². The first-order chi connectivity index (χ1) is 15.5. The van der Waals surface area contributed by atoms with Gasteiger partial charge in [0.2, 0.25) is 0 Å². The average molecular weight is 494 g/mol. The van der Waals surface area contributed by atoms with Crippen molar-refractivity contribution >= 4 is 45.5 Å². The number of nitrogens with zero attached hydrogens (tertiary/aromatic N) is 4. The number of rotatable bonds is 5. The Labute approximate surface area is 194 Å². The van der Waals surface area contributed by atoms with Crippen LogP contribution in [-0.2, 0) is 15.0 Å². The summed E-state index contributed by atoms with van der Waals surface area (Å²) in [6.07, 6.45) is -1.38. The van der Waals surface area contributed by atoms with Gasteiger partial charge in [0, 0.05) is 12.5 Å². The second-order valence-corrected chi connectivity index (χ2v) is 9.56. The number of benzene rings is 1. The van der Waals surface area contributed by atoms with Crippen LogP contribution in [0.15, 0.2) is 40.1 Å². The van der Waals surface area contributed by atoms with E-state index in [1.165, 1.54) is 23.1 Å². The maximum absolute atomic E-state index is 11.6. The monoisotopic (exact) mass is 493 g/mol. The Morgan fingerprint density at radius 1 is 1.41 bits per heavy atom. The Morgan fingerprint density at radius 3 is 2.97 bits per heavy atom. The molecule has 1 saturated heterocycles. The zero-order valence-electron chi connectivity index (χ0n) is 16.7. The summed E-state index contributed by atoms with van der Waals surface area (Å²) in [6, 6.07) is 5.61. The minimum atomic E-state index is -1.34. The number of aliphatic hydroxyl groups is 2. The van der Waals surface area contributed by atoms with Crippen LogP contribution in [-0.4, -0.2) is 72.6 Å². The number of aromatic nitrogens is 5. The van der Waals surface area contributed by atoms with Gasteiger partial charge in [-0.15, -0.1) is 29.1 Å². The smallest absolute Gasteiger partial charge is 0.304 e. The van der Waals surface area contributed by atoms with E-state index < -0.39 is 35.9 Å². The topological polar surface area (TPSA) is 135 Å². The molecule has 10 nitrogen and oxygen atoms in total. The van der Waals surface area contributed by atoms with Crippen molar-refractivity contribution in [3.63, 3.8) is 0 Å². The molecule has 3 aromatic heterocycles. The summed E-state index contributed by atoms with van der Waals surface area (Å²) in [7, 11) is 1.50. The van der Waals surface area contributed by atoms with Crippen molar-refractivity contribution in [2.45, 2.75) is 29.3 Å². The van der Waals surface area contributed by atoms with Crippen LogP contribution in [0, 0.1) is 0 Å². The van der Waals surface area contributed by atoms with Crippen LogP contribution in [0.5, 0.6) is 0 Å². The molecule has 5 rings (SSSR count). The lowest BCUT2D eigenvalue weighted by Crippen LogP contribution is -2.67. The second-order valence-electron chi connectivity index (χ2n) is 7.32. The number of methoxy groups -OCH3 is 1. The van der Waals surface area contributed by atoms with E-state index >= 15 is 0 Å². The number of thiol groups is 1. The predicted octanol–water partition coefficient (Wildman–Crippen LogP) is 1.07. The van der Waals surface area contributed by atoms with Crippen LogP contribution in [0.3, 0.4) is 0 Å². The van der Waals surface area contributed by atoms with Gasteiger partial charge >= 0.3 is 4.87 Å². The molecule has 5 atom stereocenters. The Hall–Kier alpha value is -2.13. The maximum atomic E-state index is 11.6. The molecule has 0 spiro atoms. The molecule has 1 unspecified atom stereocenters. The Bertz CT molecular complexity index is 1300. The molecule has 4 aromatic rings. The normalized spacial score (nSPS) is 28.4. The van der Waals surface area contributed by atoms with E-state index in [2.05, 4.69) is 32.9 Å². The molecular formula is C19H19N5O5S3. The van der Waals surface area contributed by atoms with Gasteiger partial charge < -0.3 is 24.7 Å². The summed E-state index contributed by atoms with van der Waals surface area (Å²) in [5.74, 6) is 0. The van der Waals surface area contributed by atoms with E-state index in [4.69, 9.17) is 9.47 Å². The molecule has 0 radical (unpaired) electrons. The van der Waals surface area contributed by atoms with E-state index in [0.29, 0.717) is 17.0 Å². The molecule has 32 heavy (non-hydrogen) atoms. The van der Waals surface area contributed by atoms with Crippen molar-refractivity contribution in [3.05, 3.63) is 50.5 Å². The van der Waals surface area contributed by atoms with E-state index in [1.54, 1.807) is 17.1 Å². The number of hydrogen-bond acceptors (Lipinski definition) is 11. The maximum Gasteiger partial charge on any atom is 0.304 e. The first-order valence-electron chi connectivity index (χ1n) is 9.59. The van der Waals surface area contributed by atoms with Crippen LogP contribution in [0.25, 0.3) is 21.6 Å². The van der Waals surface area contributed by atoms with Gasteiger partial charge in [-0.25, -0.2) is 9.67 Å². The van der Waals surface area contributed by atoms with Gasteiger partial charge in [0.25, 0.3) is 0 Å². The number of fused-ring (bicyclic) bond motifs is 1. The number of nitrogens with one attached hydrogen (secondary N) is 1. The molecule has 1 aromatic carbocycles. The minimum absolute atomic E-state index is 0.212. The van der Waals surface area contributed by atoms with E-state index in [-0.39, 0.29) is 4.87 Å². The molecular weight excluding hydrogens is 474 g/mol. The Balaban J connectivity index is 1.76. The number of aromatic amines is 1. The average Bonchev–Trinajstić information content (AvgIpc) is 3.54. The SMILES string of the molecule is CO[C@H]1[C@@H](S)O[C@H](CO)[C@H](O)C1(c1ccc2ncsc2c1)n1cc(-c2csc(=O)[nH]2)nn1. The van der Waals surface area contributed by atoms with Crippen molar-refractivity contribution in [1.82, 2.24) is 25.0 Å². The molecule has 1 aliphatic rings. The molecule has 0 bridgehead atoms. The van der Waals surface area contributed by atoms with Gasteiger partial charge in [0.15, 0.2) is 0 Å². The zero-order valence-corrected chi connectivity index (χ0v) is 19.2. The molecule has 3 N–H and O–H groups in total. The summed E-state index contributed by atoms with van der Waals surface area (Å²) in [5, 5.41) is 31.7. The number of hydrogen-bond donors (Lipinski definition) is 4. The highest BCUT2D eigenvalue weighted by Crippen LogP contribution is 2.44. The van der Waals surface area contributed by atoms with Crippen molar-refractivity contribution < 1.29 is 19.7 Å². The Kier molecular flexibility index (Phi) is 5.65. The van der Waals surface area contributed by atoms with E-state index in [0.717, 1.165) is 21.6 Å². The third-order valence-corrected chi connectivity index (χ3v) is 7.56. The van der Waals surface area contributed by atoms with Gasteiger partial charge in [-0.1, -0.05) is 22.6 Å². The zero-order chi connectivity index (χ0) is 22.5. The highest BCUT2D eigenvalue weighted by molar-refractivity contribution is 7.80. The fraction of sp³-hybridized carbons (Fsp3) is 0.368. The van der Waals surface area contributed by atoms with Gasteiger partial charge in [-0.05, 0) is 17.7 Å². The van der Waals surface area contributed by atoms with Crippen LogP contribution < -0.4 is 4.87 Å². The minimum Gasteiger partial charge on any atom is -0.394 e. The fourth-order valence-corrected chi connectivity index (χ4v) is 6.04. The lowest BCUT2D eigenvalue weighted by molar-refractivity contribution is -0.213. The summed E-state index contributed by atoms with van der Waals surface area (Å²) < 4.78 is 14.0. The standard InChI is InChI=1S/C19H19N5O5S3/c1-28-16-17(30)29-13(6-25)15(26)19(16,9-2-3-10-14(4-9)32-8-20-10)24-5-11(22-23-24)12-7-31-18(27)21-12/h2-5,7-8,13,15-17,25-26,30H,6H2,1H3,(H,21,27)/t13-,15+,16+,17-,19?/m1/s1. The molecule has 0 saturated carbocycles. The lowest BCUT2D eigenvalue weighted by atomic mass is 9.75. The van der Waals surface area contributed by atoms with E-state index in [1.807, 2.05) is 18.2 Å². The van der Waals surface area contributed by atoms with Gasteiger partial charge in [0.1, 0.15) is 35.0 Å². The largest absolute Gasteiger partial charge is 0.394 e. The molecule has 13 heteroatoms. The van der Waals surface area contributed by atoms with Gasteiger partial charge in [-0.2, -0.15) is 0 Å². The molecule has 1 aliphatic heterocycles. The number of aliphatic hydroxyl groups excluding tert-OH is 2. The van der Waals surface area contributed by atoms with Crippen molar-refractivity contribution in [1.29, 1.82) is 0 Å². The van der Waals surface area contributed by atoms with Crippen molar-refractivity contribution in [3.8, 4) is 11.4 Å². The third-order valence-electron chi connectivity index (χ3n) is 5.71. The molecule has 0 aliphatic carbocycles. The summed E-state index contributed by atoms with van der Waals surface area (Å²) >= 11 is 7.04. The highest BCUT2D eigenvalue weighted by Gasteiger charge is 2.59. The summed E-state index contributed by atoms with van der Waals surface area (Å²) in [4.78, 5) is 18.5. The van der Waals surface area contributed by atoms with Crippen LogP contribution >= 0.6 is 35.3 Å². The first-order valence-corrected chi connectivity index (χ1v) is 11.9. The fourth-order valence-electron chi connectivity index (χ4n) is 4.24. The quantitative estimate of drug-likeness (QED) is 0.303. The summed E-state index contributed by atoms with van der Waals surface area (Å²) in [6.45, 7) is -0.432. The number of H-pyrrole nitrogens is 1. The van der Waals surface area contributed by atoms with Crippen LogP contribution in [0.1, 0.15) is 5.56 Å². The van der Waals surface area contributed by atoms with Crippen LogP contribution in [0.4, 0.5) is 0 Å². The third kappa shape index (κ3) is 3.23. The van der Waals surface area contributed by atoms with Crippen LogP contribution in [0.2, 0.25) is 0 Å². The van der Waals surface area contributed by atoms with Crippen molar-refractivity contribution in [2.24, 2.45) is 0 Å². The molecule has 1 fully saturated rings. The van der Waals surface area contributed by atoms with E-state index in [9.17, 15) is 15.0 Å². The number of ether oxygens (including phenoxy) is 2. The Morgan fingerprint density at radius 2 is 2.25 bits per heavy atom. The molecule has 4 heterocycles. The van der Waals surface area contributed by atoms with Crippen molar-refractivity contribution in [2.75, 3.05) is 13.7 Å². The first kappa shape index (κ1) is 21.7. The highest BCUT2D eigenvalue weighted by atomic mass is 32.1. The molecule has 0 amide bonds. The predicted molar refractivity (Wildman–Crippen MR) is 122 cm³/mol. The summed E-state index contributed by atoms with van der Waals surface area (Å²) in [5.41, 5.74) is 2.04. The second kappa shape index (κ2) is 8.33. The molecule has 168 valence electrons. The number of thiazole rings is 2.